The van der Waals surface area contributed by atoms with Gasteiger partial charge in [0.05, 0.1) is 22.3 Å². The monoisotopic (exact) mass is 1010 g/mol. The molecule has 0 aliphatic heterocycles. The minimum atomic E-state index is -0.320. The summed E-state index contributed by atoms with van der Waals surface area (Å²) >= 11 is 0. The zero-order chi connectivity index (χ0) is 44.4. The molecule has 7 aromatic carbocycles. The number of benzene rings is 7. The zero-order valence-electron chi connectivity index (χ0n) is 38.9. The Labute approximate surface area is 391 Å². The molecule has 0 aliphatic rings. The van der Waals surface area contributed by atoms with Crippen molar-refractivity contribution in [3.8, 4) is 67.3 Å². The summed E-state index contributed by atoms with van der Waals surface area (Å²) in [5.74, 6) is 0.951. The van der Waals surface area contributed by atoms with Gasteiger partial charge >= 0.3 is 0 Å². The molecule has 0 saturated carbocycles. The van der Waals surface area contributed by atoms with Crippen LogP contribution >= 0.6 is 0 Å². The van der Waals surface area contributed by atoms with Crippen molar-refractivity contribution in [1.82, 2.24) is 9.55 Å². The second-order valence-electron chi connectivity index (χ2n) is 21.0. The van der Waals surface area contributed by atoms with Crippen molar-refractivity contribution < 1.29 is 27.5 Å². The van der Waals surface area contributed by atoms with Gasteiger partial charge in [0.1, 0.15) is 11.6 Å². The smallest absolute Gasteiger partial charge is 0.148 e. The van der Waals surface area contributed by atoms with Crippen LogP contribution in [0.3, 0.4) is 0 Å². The molecule has 8 aromatic rings. The first-order valence-corrected chi connectivity index (χ1v) is 21.9. The molecule has 8 rings (SSSR count). The quantitative estimate of drug-likeness (QED) is 0.133. The molecule has 0 atom stereocenters. The van der Waals surface area contributed by atoms with Gasteiger partial charge in [-0.15, -0.1) is 28.8 Å². The van der Waals surface area contributed by atoms with Gasteiger partial charge in [-0.25, -0.2) is 10.5 Å². The first kappa shape index (κ1) is 45.6. The van der Waals surface area contributed by atoms with Crippen LogP contribution in [0.15, 0.2) is 140 Å². The second kappa shape index (κ2) is 16.9. The molecular weight excluding hydrogens is 950 g/mol. The van der Waals surface area contributed by atoms with Crippen molar-refractivity contribution in [2.45, 2.75) is 105 Å². The van der Waals surface area contributed by atoms with Crippen molar-refractivity contribution in [3.05, 3.63) is 174 Å². The number of para-hydroxylation sites is 1. The minimum absolute atomic E-state index is 0. The predicted molar refractivity (Wildman–Crippen MR) is 262 cm³/mol. The largest absolute Gasteiger partial charge is 0.507 e. The molecule has 63 heavy (non-hydrogen) atoms. The zero-order valence-corrected chi connectivity index (χ0v) is 41.1. The molecule has 0 aliphatic carbocycles. The Bertz CT molecular complexity index is 2930. The van der Waals surface area contributed by atoms with Crippen LogP contribution in [0.1, 0.15) is 105 Å². The van der Waals surface area contributed by atoms with Crippen molar-refractivity contribution in [3.63, 3.8) is 0 Å². The topological polar surface area (TPSA) is 38.1 Å². The van der Waals surface area contributed by atoms with Crippen molar-refractivity contribution >= 4 is 11.0 Å². The van der Waals surface area contributed by atoms with E-state index in [4.69, 9.17) is 4.98 Å². The van der Waals surface area contributed by atoms with Gasteiger partial charge in [-0.3, -0.25) is 4.57 Å². The summed E-state index contributed by atoms with van der Waals surface area (Å²) in [6.07, 6.45) is 0. The first-order chi connectivity index (χ1) is 29.2. The Morgan fingerprint density at radius 1 is 0.476 bits per heavy atom. The average molecular weight is 1010 g/mol. The maximum absolute atomic E-state index is 12.5. The van der Waals surface area contributed by atoms with Crippen LogP contribution in [0.5, 0.6) is 5.75 Å². The molecule has 1 aromatic heterocycles. The third kappa shape index (κ3) is 9.16. The Hall–Kier alpha value is -5.45. The minimum Gasteiger partial charge on any atom is -0.507 e. The molecule has 0 spiro atoms. The summed E-state index contributed by atoms with van der Waals surface area (Å²) in [7, 11) is 0. The van der Waals surface area contributed by atoms with Gasteiger partial charge in [0.25, 0.3) is 0 Å². The van der Waals surface area contributed by atoms with Gasteiger partial charge < -0.3 is 5.11 Å². The summed E-state index contributed by atoms with van der Waals surface area (Å²) in [5, 5.41) is 12.5. The van der Waals surface area contributed by atoms with E-state index in [1.54, 1.807) is 0 Å². The fourth-order valence-corrected chi connectivity index (χ4v) is 8.32. The molecule has 0 fully saturated rings. The Morgan fingerprint density at radius 2 is 1.06 bits per heavy atom. The fourth-order valence-electron chi connectivity index (χ4n) is 8.32. The van der Waals surface area contributed by atoms with Crippen molar-refractivity contribution in [1.29, 1.82) is 0 Å². The van der Waals surface area contributed by atoms with E-state index in [0.29, 0.717) is 11.4 Å². The third-order valence-corrected chi connectivity index (χ3v) is 12.1. The van der Waals surface area contributed by atoms with Crippen LogP contribution in [0.4, 0.5) is 0 Å². The molecule has 0 bridgehead atoms. The Morgan fingerprint density at radius 3 is 1.68 bits per heavy atom. The van der Waals surface area contributed by atoms with Gasteiger partial charge in [0, 0.05) is 33.5 Å². The van der Waals surface area contributed by atoms with E-state index in [0.717, 1.165) is 72.4 Å². The van der Waals surface area contributed by atoms with Gasteiger partial charge in [0.2, 0.25) is 0 Å². The van der Waals surface area contributed by atoms with Crippen LogP contribution in [-0.4, -0.2) is 14.7 Å². The van der Waals surface area contributed by atoms with Crippen LogP contribution in [0.2, 0.25) is 0 Å². The molecule has 1 heterocycles. The third-order valence-electron chi connectivity index (χ3n) is 12.1. The van der Waals surface area contributed by atoms with E-state index in [2.05, 4.69) is 233 Å². The number of fused-ring (bicyclic) bond motifs is 1. The molecule has 1 N–H and O–H groups in total. The van der Waals surface area contributed by atoms with Crippen LogP contribution < -0.4 is 0 Å². The second-order valence-corrected chi connectivity index (χ2v) is 21.0. The molecule has 325 valence electrons. The summed E-state index contributed by atoms with van der Waals surface area (Å²) in [5.41, 5.74) is 15.7. The first-order valence-electron chi connectivity index (χ1n) is 21.9. The van der Waals surface area contributed by atoms with Crippen LogP contribution in [-0.2, 0) is 44.0 Å². The van der Waals surface area contributed by atoms with E-state index in [-0.39, 0.29) is 49.8 Å². The molecule has 0 unspecified atom stereocenters. The average Bonchev–Trinajstić information content (AvgIpc) is 3.62. The molecule has 0 amide bonds. The summed E-state index contributed by atoms with van der Waals surface area (Å²) in [6.45, 7) is 26.8. The van der Waals surface area contributed by atoms with E-state index in [1.807, 2.05) is 6.07 Å². The number of phenols is 1. The number of rotatable bonds is 6. The number of phenolic OH excluding ortho intramolecular Hbond substituents is 1. The molecular formula is C59H60AuN2O-2. The van der Waals surface area contributed by atoms with Crippen molar-refractivity contribution in [2.75, 3.05) is 0 Å². The fraction of sp³-hybridized carbons (Fsp3) is 0.271. The normalized spacial score (nSPS) is 12.4. The summed E-state index contributed by atoms with van der Waals surface area (Å²) in [4.78, 5) is 5.67. The summed E-state index contributed by atoms with van der Waals surface area (Å²) in [6, 6.07) is 57.1. The SMILES string of the molecule is CC(C)(C)c1cc(-c2[c-]ccc(-c3ccccc3)c2)[c-]c(-c2cccc3c2nc(-c2cc(C(C)(C)C)cc(C(C)(C)C)c2O)n3-c2ccc(C(C)(C)C)cc2-c2ccccc2)c1.[Au]. The van der Waals surface area contributed by atoms with Crippen LogP contribution in [0.25, 0.3) is 72.6 Å². The predicted octanol–water partition coefficient (Wildman–Crippen LogP) is 15.9. The van der Waals surface area contributed by atoms with Crippen LogP contribution in [0, 0.1) is 12.1 Å². The molecule has 3 nitrogen and oxygen atoms in total. The maximum Gasteiger partial charge on any atom is 0.148 e. The maximum atomic E-state index is 12.5. The molecule has 1 radical (unpaired) electrons. The van der Waals surface area contributed by atoms with E-state index < -0.39 is 0 Å². The van der Waals surface area contributed by atoms with Gasteiger partial charge in [-0.05, 0) is 68.2 Å². The van der Waals surface area contributed by atoms with E-state index >= 15 is 0 Å². The number of imidazole rings is 1. The van der Waals surface area contributed by atoms with Gasteiger partial charge in [-0.2, -0.15) is 35.9 Å². The number of hydrogen-bond acceptors (Lipinski definition) is 2. The number of hydrogen-bond donors (Lipinski definition) is 1. The van der Waals surface area contributed by atoms with Gasteiger partial charge in [0.15, 0.2) is 0 Å². The van der Waals surface area contributed by atoms with Crippen molar-refractivity contribution in [2.24, 2.45) is 0 Å². The summed E-state index contributed by atoms with van der Waals surface area (Å²) < 4.78 is 2.28. The number of nitrogens with zero attached hydrogens (tertiary/aromatic N) is 2. The standard InChI is InChI=1S/C59H60N2O.Au/c1-56(2,3)44-29-30-51(48(35-44)39-23-17-14-18-24-39)61-52-28-20-27-47(53(52)60-55(61)49-36-46(58(7,8)9)37-50(54(49)62)59(10,11)12)43-32-42(33-45(34-43)57(4,5)6)41-26-19-25-40(31-41)38-21-15-13-16-22-38;/h13-25,27-31,33-37,62H,1-12H3;/q-2;. The Balaban J connectivity index is 0.00000595. The van der Waals surface area contributed by atoms with E-state index in [9.17, 15) is 5.11 Å². The number of aromatic nitrogens is 2. The number of aromatic hydroxyl groups is 1. The molecule has 0 saturated heterocycles. The van der Waals surface area contributed by atoms with E-state index in [1.165, 1.54) is 11.1 Å². The molecule has 4 heteroatoms. The Kier molecular flexibility index (Phi) is 12.2. The van der Waals surface area contributed by atoms with Gasteiger partial charge in [-0.1, -0.05) is 174 Å².